The molecule has 0 bridgehead atoms. The Morgan fingerprint density at radius 1 is 1.06 bits per heavy atom. The first-order valence-electron chi connectivity index (χ1n) is 10.7. The van der Waals surface area contributed by atoms with Crippen LogP contribution in [0.1, 0.15) is 43.7 Å². The lowest BCUT2D eigenvalue weighted by molar-refractivity contribution is 0.315. The number of aryl methyl sites for hydroxylation is 1. The third-order valence-electron chi connectivity index (χ3n) is 6.12. The SMILES string of the molecule is CCc1ccc2[nH]c(=O)c(CN(C3CCCC3)S(=O)(=O)c3ccc(OC)cc3)cc2c1. The maximum absolute atomic E-state index is 13.6. The van der Waals surface area contributed by atoms with Crippen molar-refractivity contribution in [2.45, 2.75) is 56.5 Å². The Kier molecular flexibility index (Phi) is 6.16. The fraction of sp³-hybridized carbons (Fsp3) is 0.375. The number of sulfonamides is 1. The van der Waals surface area contributed by atoms with Crippen molar-refractivity contribution in [3.63, 3.8) is 0 Å². The number of fused-ring (bicyclic) bond motifs is 1. The molecule has 0 amide bonds. The summed E-state index contributed by atoms with van der Waals surface area (Å²) in [7, 11) is -2.22. The van der Waals surface area contributed by atoms with Crippen LogP contribution in [-0.4, -0.2) is 30.9 Å². The number of rotatable bonds is 7. The van der Waals surface area contributed by atoms with E-state index in [0.717, 1.165) is 43.0 Å². The third-order valence-corrected chi connectivity index (χ3v) is 8.03. The molecule has 0 unspecified atom stereocenters. The molecule has 0 atom stereocenters. The van der Waals surface area contributed by atoms with Crippen molar-refractivity contribution < 1.29 is 13.2 Å². The van der Waals surface area contributed by atoms with Crippen LogP contribution < -0.4 is 10.3 Å². The van der Waals surface area contributed by atoms with Gasteiger partial charge < -0.3 is 9.72 Å². The van der Waals surface area contributed by atoms with E-state index >= 15 is 0 Å². The molecule has 0 radical (unpaired) electrons. The molecular formula is C24H28N2O4S. The lowest BCUT2D eigenvalue weighted by atomic mass is 10.1. The summed E-state index contributed by atoms with van der Waals surface area (Å²) in [4.78, 5) is 15.9. The second kappa shape index (κ2) is 8.85. The second-order valence-corrected chi connectivity index (χ2v) is 9.95. The minimum atomic E-state index is -3.77. The smallest absolute Gasteiger partial charge is 0.252 e. The number of ether oxygens (including phenoxy) is 1. The fourth-order valence-corrected chi connectivity index (χ4v) is 5.96. The van der Waals surface area contributed by atoms with E-state index in [9.17, 15) is 13.2 Å². The van der Waals surface area contributed by atoms with Crippen molar-refractivity contribution in [3.05, 3.63) is 70.0 Å². The molecule has 0 aliphatic heterocycles. The molecule has 1 heterocycles. The number of hydrogen-bond acceptors (Lipinski definition) is 4. The van der Waals surface area contributed by atoms with Gasteiger partial charge in [0.1, 0.15) is 5.75 Å². The van der Waals surface area contributed by atoms with E-state index in [0.29, 0.717) is 11.3 Å². The molecule has 1 N–H and O–H groups in total. The molecule has 1 aliphatic rings. The molecule has 0 saturated heterocycles. The second-order valence-electron chi connectivity index (χ2n) is 8.06. The Morgan fingerprint density at radius 2 is 1.77 bits per heavy atom. The quantitative estimate of drug-likeness (QED) is 0.596. The summed E-state index contributed by atoms with van der Waals surface area (Å²) in [5, 5.41) is 0.919. The van der Waals surface area contributed by atoms with Crippen LogP contribution >= 0.6 is 0 Å². The maximum atomic E-state index is 13.6. The monoisotopic (exact) mass is 440 g/mol. The standard InChI is InChI=1S/C24H28N2O4S/c1-3-17-8-13-23-18(14-17)15-19(24(27)25-23)16-26(20-6-4-5-7-20)31(28,29)22-11-9-21(30-2)10-12-22/h8-15,20H,3-7,16H2,1-2H3,(H,25,27). The van der Waals surface area contributed by atoms with E-state index in [1.165, 1.54) is 9.87 Å². The zero-order valence-electron chi connectivity index (χ0n) is 17.9. The van der Waals surface area contributed by atoms with Crippen LogP contribution in [0.3, 0.4) is 0 Å². The van der Waals surface area contributed by atoms with Gasteiger partial charge in [0, 0.05) is 23.7 Å². The van der Waals surface area contributed by atoms with E-state index in [2.05, 4.69) is 11.9 Å². The lowest BCUT2D eigenvalue weighted by Gasteiger charge is -2.28. The highest BCUT2D eigenvalue weighted by Gasteiger charge is 2.34. The van der Waals surface area contributed by atoms with Crippen molar-refractivity contribution in [1.29, 1.82) is 0 Å². The van der Waals surface area contributed by atoms with Gasteiger partial charge in [0.05, 0.1) is 12.0 Å². The minimum absolute atomic E-state index is 0.0562. The van der Waals surface area contributed by atoms with E-state index in [-0.39, 0.29) is 23.0 Å². The number of hydrogen-bond donors (Lipinski definition) is 1. The summed E-state index contributed by atoms with van der Waals surface area (Å²) >= 11 is 0. The summed E-state index contributed by atoms with van der Waals surface area (Å²) < 4.78 is 33.8. The number of aromatic amines is 1. The molecule has 31 heavy (non-hydrogen) atoms. The summed E-state index contributed by atoms with van der Waals surface area (Å²) in [6, 6.07) is 14.1. The third kappa shape index (κ3) is 4.38. The van der Waals surface area contributed by atoms with Gasteiger partial charge in [0.2, 0.25) is 10.0 Å². The molecule has 7 heteroatoms. The highest BCUT2D eigenvalue weighted by molar-refractivity contribution is 7.89. The molecule has 1 saturated carbocycles. The average Bonchev–Trinajstić information content (AvgIpc) is 3.31. The first-order chi connectivity index (χ1) is 14.9. The Morgan fingerprint density at radius 3 is 2.42 bits per heavy atom. The lowest BCUT2D eigenvalue weighted by Crippen LogP contribution is -2.39. The van der Waals surface area contributed by atoms with Crippen LogP contribution in [0.25, 0.3) is 10.9 Å². The molecule has 6 nitrogen and oxygen atoms in total. The summed E-state index contributed by atoms with van der Waals surface area (Å²) in [6.45, 7) is 2.14. The average molecular weight is 441 g/mol. The van der Waals surface area contributed by atoms with E-state index < -0.39 is 10.0 Å². The van der Waals surface area contributed by atoms with Crippen LogP contribution in [0, 0.1) is 0 Å². The molecule has 1 aliphatic carbocycles. The van der Waals surface area contributed by atoms with Gasteiger partial charge in [-0.05, 0) is 72.7 Å². The number of H-pyrrole nitrogens is 1. The van der Waals surface area contributed by atoms with Crippen molar-refractivity contribution in [2.24, 2.45) is 0 Å². The zero-order valence-corrected chi connectivity index (χ0v) is 18.7. The molecule has 0 spiro atoms. The molecule has 1 aromatic heterocycles. The highest BCUT2D eigenvalue weighted by Crippen LogP contribution is 2.31. The van der Waals surface area contributed by atoms with Gasteiger partial charge in [-0.2, -0.15) is 4.31 Å². The van der Waals surface area contributed by atoms with Crippen LogP contribution in [-0.2, 0) is 23.0 Å². The maximum Gasteiger partial charge on any atom is 0.252 e. The summed E-state index contributed by atoms with van der Waals surface area (Å²) in [5.41, 5.74) is 2.15. The van der Waals surface area contributed by atoms with Crippen molar-refractivity contribution in [1.82, 2.24) is 9.29 Å². The van der Waals surface area contributed by atoms with Gasteiger partial charge in [-0.25, -0.2) is 8.42 Å². The summed E-state index contributed by atoms with van der Waals surface area (Å²) in [5.74, 6) is 0.601. The predicted octanol–water partition coefficient (Wildman–Crippen LogP) is 4.23. The number of nitrogens with one attached hydrogen (secondary N) is 1. The van der Waals surface area contributed by atoms with Gasteiger partial charge >= 0.3 is 0 Å². The van der Waals surface area contributed by atoms with Crippen molar-refractivity contribution >= 4 is 20.9 Å². The Balaban J connectivity index is 1.75. The Labute approximate surface area is 182 Å². The first kappa shape index (κ1) is 21.6. The van der Waals surface area contributed by atoms with E-state index in [1.807, 2.05) is 24.3 Å². The van der Waals surface area contributed by atoms with Gasteiger partial charge in [0.15, 0.2) is 0 Å². The van der Waals surface area contributed by atoms with E-state index in [1.54, 1.807) is 31.4 Å². The fourth-order valence-electron chi connectivity index (χ4n) is 4.29. The van der Waals surface area contributed by atoms with E-state index in [4.69, 9.17) is 4.74 Å². The van der Waals surface area contributed by atoms with Crippen molar-refractivity contribution in [2.75, 3.05) is 7.11 Å². The number of aromatic nitrogens is 1. The van der Waals surface area contributed by atoms with Gasteiger partial charge in [-0.1, -0.05) is 25.8 Å². The topological polar surface area (TPSA) is 79.5 Å². The highest BCUT2D eigenvalue weighted by atomic mass is 32.2. The summed E-state index contributed by atoms with van der Waals surface area (Å²) in [6.07, 6.45) is 4.49. The van der Waals surface area contributed by atoms with Gasteiger partial charge in [-0.15, -0.1) is 0 Å². The number of methoxy groups -OCH3 is 1. The largest absolute Gasteiger partial charge is 0.497 e. The molecule has 1 fully saturated rings. The molecule has 164 valence electrons. The molecule has 2 aromatic carbocycles. The zero-order chi connectivity index (χ0) is 22.0. The molecule has 4 rings (SSSR count). The number of pyridine rings is 1. The minimum Gasteiger partial charge on any atom is -0.497 e. The predicted molar refractivity (Wildman–Crippen MR) is 122 cm³/mol. The molecular weight excluding hydrogens is 412 g/mol. The Bertz CT molecular complexity index is 1230. The first-order valence-corrected chi connectivity index (χ1v) is 12.2. The van der Waals surface area contributed by atoms with Crippen LogP contribution in [0.4, 0.5) is 0 Å². The number of nitrogens with zero attached hydrogens (tertiary/aromatic N) is 1. The van der Waals surface area contributed by atoms with Crippen LogP contribution in [0.5, 0.6) is 5.75 Å². The normalized spacial score (nSPS) is 15.1. The number of benzene rings is 2. The van der Waals surface area contributed by atoms with Crippen molar-refractivity contribution in [3.8, 4) is 5.75 Å². The van der Waals surface area contributed by atoms with Gasteiger partial charge in [-0.3, -0.25) is 4.79 Å². The Hall–Kier alpha value is -2.64. The molecule has 3 aromatic rings. The van der Waals surface area contributed by atoms with Crippen LogP contribution in [0.15, 0.2) is 58.2 Å². The van der Waals surface area contributed by atoms with Gasteiger partial charge in [0.25, 0.3) is 5.56 Å². The van der Waals surface area contributed by atoms with Crippen LogP contribution in [0.2, 0.25) is 0 Å².